The minimum Gasteiger partial charge on any atom is -0.376 e. The van der Waals surface area contributed by atoms with Crippen molar-refractivity contribution in [3.05, 3.63) is 77.7 Å². The Morgan fingerprint density at radius 2 is 1.97 bits per heavy atom. The number of nitrogens with zero attached hydrogens (tertiary/aromatic N) is 3. The molecule has 2 aromatic carbocycles. The van der Waals surface area contributed by atoms with E-state index in [0.29, 0.717) is 30.2 Å². The minimum absolute atomic E-state index is 0.0139. The van der Waals surface area contributed by atoms with E-state index in [2.05, 4.69) is 59.5 Å². The van der Waals surface area contributed by atoms with Crippen molar-refractivity contribution in [1.29, 1.82) is 5.26 Å². The van der Waals surface area contributed by atoms with Crippen molar-refractivity contribution in [2.45, 2.75) is 44.1 Å². The number of benzene rings is 2. The summed E-state index contributed by atoms with van der Waals surface area (Å²) in [6.07, 6.45) is 3.92. The lowest BCUT2D eigenvalue weighted by Gasteiger charge is -2.45. The Labute approximate surface area is 188 Å². The molecule has 0 bridgehead atoms. The van der Waals surface area contributed by atoms with Gasteiger partial charge in [0.05, 0.1) is 23.4 Å². The Morgan fingerprint density at radius 1 is 1.16 bits per heavy atom. The summed E-state index contributed by atoms with van der Waals surface area (Å²) in [6, 6.07) is 19.4. The molecule has 0 spiro atoms. The summed E-state index contributed by atoms with van der Waals surface area (Å²) in [5.74, 6) is -0.143. The van der Waals surface area contributed by atoms with Crippen LogP contribution >= 0.6 is 0 Å². The van der Waals surface area contributed by atoms with Gasteiger partial charge in [0.1, 0.15) is 5.69 Å². The zero-order valence-corrected chi connectivity index (χ0v) is 18.4. The maximum Gasteiger partial charge on any atom is 0.223 e. The van der Waals surface area contributed by atoms with Gasteiger partial charge in [0.15, 0.2) is 5.82 Å². The fourth-order valence-electron chi connectivity index (χ4n) is 4.68. The number of hydrogen-bond acceptors (Lipinski definition) is 5. The number of aromatic nitrogens is 2. The van der Waals surface area contributed by atoms with E-state index >= 15 is 0 Å². The van der Waals surface area contributed by atoms with Crippen LogP contribution in [0.3, 0.4) is 0 Å². The third-order valence-corrected chi connectivity index (χ3v) is 6.12. The summed E-state index contributed by atoms with van der Waals surface area (Å²) < 4.78 is 20.4. The first-order chi connectivity index (χ1) is 15.4. The quantitative estimate of drug-likeness (QED) is 0.560. The molecule has 2 heterocycles. The van der Waals surface area contributed by atoms with Gasteiger partial charge in [0.2, 0.25) is 5.95 Å². The van der Waals surface area contributed by atoms with Crippen LogP contribution in [-0.2, 0) is 10.2 Å². The second kappa shape index (κ2) is 9.05. The third-order valence-electron chi connectivity index (χ3n) is 6.12. The maximum atomic E-state index is 14.4. The van der Waals surface area contributed by atoms with Crippen molar-refractivity contribution in [3.8, 4) is 17.3 Å². The number of hydrogen-bond donors (Lipinski definition) is 1. The molecule has 32 heavy (non-hydrogen) atoms. The van der Waals surface area contributed by atoms with Gasteiger partial charge in [-0.05, 0) is 50.8 Å². The van der Waals surface area contributed by atoms with Gasteiger partial charge in [-0.25, -0.2) is 14.4 Å². The molecule has 1 fully saturated rings. The molecule has 1 saturated heterocycles. The van der Waals surface area contributed by atoms with Crippen molar-refractivity contribution in [2.75, 3.05) is 18.5 Å². The Hall–Kier alpha value is -3.30. The first kappa shape index (κ1) is 21.9. The Bertz CT molecular complexity index is 1130. The van der Waals surface area contributed by atoms with E-state index in [1.165, 1.54) is 11.8 Å². The second-order valence-corrected chi connectivity index (χ2v) is 8.94. The third kappa shape index (κ3) is 4.79. The molecule has 1 aliphatic rings. The van der Waals surface area contributed by atoms with E-state index in [0.717, 1.165) is 19.3 Å². The van der Waals surface area contributed by atoms with Gasteiger partial charge in [-0.3, -0.25) is 0 Å². The number of anilines is 1. The molecule has 4 rings (SSSR count). The average molecular weight is 431 g/mol. The van der Waals surface area contributed by atoms with Crippen molar-refractivity contribution in [3.63, 3.8) is 0 Å². The summed E-state index contributed by atoms with van der Waals surface area (Å²) in [5, 5.41) is 12.4. The normalized spacial score (nSPS) is 19.8. The first-order valence-electron chi connectivity index (χ1n) is 10.9. The highest BCUT2D eigenvalue weighted by atomic mass is 19.1. The monoisotopic (exact) mass is 430 g/mol. The fraction of sp³-hybridized carbons (Fsp3) is 0.346. The van der Waals surface area contributed by atoms with Gasteiger partial charge in [0, 0.05) is 24.1 Å². The molecule has 0 amide bonds. The molecule has 6 heteroatoms. The highest BCUT2D eigenvalue weighted by Crippen LogP contribution is 2.43. The molecule has 1 unspecified atom stereocenters. The molecular formula is C26H27FN4O. The molecule has 164 valence electrons. The second-order valence-electron chi connectivity index (χ2n) is 8.94. The minimum atomic E-state index is -0.516. The van der Waals surface area contributed by atoms with Gasteiger partial charge < -0.3 is 10.1 Å². The Kier molecular flexibility index (Phi) is 6.20. The van der Waals surface area contributed by atoms with Gasteiger partial charge >= 0.3 is 0 Å². The smallest absolute Gasteiger partial charge is 0.223 e. The van der Waals surface area contributed by atoms with Crippen LogP contribution in [-0.4, -0.2) is 28.7 Å². The van der Waals surface area contributed by atoms with Crippen LogP contribution in [0.5, 0.6) is 0 Å². The van der Waals surface area contributed by atoms with E-state index in [1.807, 2.05) is 6.07 Å². The summed E-state index contributed by atoms with van der Waals surface area (Å²) in [7, 11) is 0. The number of rotatable bonds is 6. The zero-order chi connectivity index (χ0) is 22.6. The van der Waals surface area contributed by atoms with Gasteiger partial charge in [-0.1, -0.05) is 42.5 Å². The van der Waals surface area contributed by atoms with E-state index in [1.54, 1.807) is 24.3 Å². The van der Waals surface area contributed by atoms with Crippen LogP contribution in [0.1, 0.15) is 44.2 Å². The first-order valence-corrected chi connectivity index (χ1v) is 10.9. The average Bonchev–Trinajstić information content (AvgIpc) is 2.80. The highest BCUT2D eigenvalue weighted by molar-refractivity contribution is 5.62. The molecule has 0 radical (unpaired) electrons. The van der Waals surface area contributed by atoms with E-state index in [9.17, 15) is 4.39 Å². The maximum absolute atomic E-state index is 14.4. The molecule has 1 aliphatic heterocycles. The lowest BCUT2D eigenvalue weighted by Crippen LogP contribution is -2.45. The summed E-state index contributed by atoms with van der Waals surface area (Å²) >= 11 is 0. The predicted octanol–water partition coefficient (Wildman–Crippen LogP) is 5.48. The standard InChI is InChI=1S/C26H27FN4O/c1-25(2)18-26(12-14-32-25,21-9-4-3-5-10-21)11-13-29-24-30-17-22(27)23(31-24)20-8-6-7-19(15-20)16-28/h3-10,15,17H,11-14,18H2,1-2H3,(H,29,30,31). The molecule has 1 N–H and O–H groups in total. The van der Waals surface area contributed by atoms with Crippen molar-refractivity contribution in [2.24, 2.45) is 0 Å². The van der Waals surface area contributed by atoms with Crippen LogP contribution < -0.4 is 5.32 Å². The van der Waals surface area contributed by atoms with Crippen molar-refractivity contribution >= 4 is 5.95 Å². The van der Waals surface area contributed by atoms with Crippen LogP contribution in [0.4, 0.5) is 10.3 Å². The Balaban J connectivity index is 1.53. The molecule has 1 atom stereocenters. The summed E-state index contributed by atoms with van der Waals surface area (Å²) in [6.45, 7) is 5.65. The van der Waals surface area contributed by atoms with Crippen molar-refractivity contribution in [1.82, 2.24) is 9.97 Å². The number of halogens is 1. The summed E-state index contributed by atoms with van der Waals surface area (Å²) in [4.78, 5) is 8.52. The van der Waals surface area contributed by atoms with Crippen molar-refractivity contribution < 1.29 is 9.13 Å². The lowest BCUT2D eigenvalue weighted by molar-refractivity contribution is -0.0835. The number of ether oxygens (including phenoxy) is 1. The van der Waals surface area contributed by atoms with Gasteiger partial charge in [-0.15, -0.1) is 0 Å². The van der Waals surface area contributed by atoms with E-state index < -0.39 is 5.82 Å². The van der Waals surface area contributed by atoms with E-state index in [-0.39, 0.29) is 16.7 Å². The number of nitriles is 1. The molecule has 0 saturated carbocycles. The number of nitrogens with one attached hydrogen (secondary N) is 1. The van der Waals surface area contributed by atoms with Crippen LogP contribution in [0.15, 0.2) is 60.8 Å². The zero-order valence-electron chi connectivity index (χ0n) is 18.4. The highest BCUT2D eigenvalue weighted by Gasteiger charge is 2.41. The molecule has 3 aromatic rings. The molecule has 1 aromatic heterocycles. The predicted molar refractivity (Wildman–Crippen MR) is 123 cm³/mol. The fourth-order valence-corrected chi connectivity index (χ4v) is 4.68. The largest absolute Gasteiger partial charge is 0.376 e. The summed E-state index contributed by atoms with van der Waals surface area (Å²) in [5.41, 5.74) is 2.30. The lowest BCUT2D eigenvalue weighted by atomic mass is 9.67. The van der Waals surface area contributed by atoms with Crippen LogP contribution in [0.2, 0.25) is 0 Å². The molecule has 0 aliphatic carbocycles. The topological polar surface area (TPSA) is 70.8 Å². The van der Waals surface area contributed by atoms with Crippen LogP contribution in [0.25, 0.3) is 11.3 Å². The van der Waals surface area contributed by atoms with E-state index in [4.69, 9.17) is 10.00 Å². The molecule has 5 nitrogen and oxygen atoms in total. The van der Waals surface area contributed by atoms with Gasteiger partial charge in [0.25, 0.3) is 0 Å². The Morgan fingerprint density at radius 3 is 2.72 bits per heavy atom. The van der Waals surface area contributed by atoms with Crippen LogP contribution in [0, 0.1) is 17.1 Å². The SMILES string of the molecule is CC1(C)CC(CCNc2ncc(F)c(-c3cccc(C#N)c3)n2)(c2ccccc2)CCO1. The van der Waals surface area contributed by atoms with Gasteiger partial charge in [-0.2, -0.15) is 5.26 Å². The molecular weight excluding hydrogens is 403 g/mol.